The number of ether oxygens (including phenoxy) is 3. The van der Waals surface area contributed by atoms with Crippen molar-refractivity contribution in [3.8, 4) is 23.1 Å². The average molecular weight is 419 g/mol. The molecule has 2 aromatic carbocycles. The average Bonchev–Trinajstić information content (AvgIpc) is 3.25. The van der Waals surface area contributed by atoms with E-state index in [2.05, 4.69) is 31.9 Å². The highest BCUT2D eigenvalue weighted by molar-refractivity contribution is 5.68. The van der Waals surface area contributed by atoms with Gasteiger partial charge in [0.1, 0.15) is 17.8 Å². The first kappa shape index (κ1) is 19.4. The zero-order valence-electron chi connectivity index (χ0n) is 17.5. The lowest BCUT2D eigenvalue weighted by molar-refractivity contribution is 0.174. The fraction of sp³-hybridized carbons (Fsp3) is 0.304. The molecule has 2 aliphatic rings. The molecular weight excluding hydrogens is 394 g/mol. The first-order chi connectivity index (χ1) is 15.2. The van der Waals surface area contributed by atoms with E-state index in [1.54, 1.807) is 0 Å². The summed E-state index contributed by atoms with van der Waals surface area (Å²) in [6.07, 6.45) is 1.51. The van der Waals surface area contributed by atoms with Gasteiger partial charge in [-0.3, -0.25) is 4.90 Å². The maximum Gasteiger partial charge on any atom is 0.248 e. The van der Waals surface area contributed by atoms with Crippen LogP contribution in [0.1, 0.15) is 11.1 Å². The number of aromatic nitrogens is 2. The molecule has 0 amide bonds. The molecule has 8 heteroatoms. The van der Waals surface area contributed by atoms with Gasteiger partial charge in [-0.2, -0.15) is 4.98 Å². The Labute approximate surface area is 181 Å². The lowest BCUT2D eigenvalue weighted by Gasteiger charge is -2.35. The summed E-state index contributed by atoms with van der Waals surface area (Å²) in [7, 11) is 0. The van der Waals surface area contributed by atoms with Crippen LogP contribution in [0.5, 0.6) is 23.1 Å². The van der Waals surface area contributed by atoms with Crippen molar-refractivity contribution in [1.82, 2.24) is 14.9 Å². The van der Waals surface area contributed by atoms with Crippen molar-refractivity contribution in [3.05, 3.63) is 59.9 Å². The standard InChI is InChI=1S/C23H25N5O3/c1-16-2-5-18(6-3-16)31-23-21(24)22(25-14-26-23)28-10-8-27(9-11-28)13-17-4-7-19-20(12-17)30-15-29-19/h2-7,12,14H,8-11,13,15,24H2,1H3. The largest absolute Gasteiger partial charge is 0.454 e. The van der Waals surface area contributed by atoms with E-state index < -0.39 is 0 Å². The fourth-order valence-electron chi connectivity index (χ4n) is 3.84. The molecule has 8 nitrogen and oxygen atoms in total. The van der Waals surface area contributed by atoms with E-state index in [9.17, 15) is 0 Å². The molecule has 1 saturated heterocycles. The van der Waals surface area contributed by atoms with E-state index in [4.69, 9.17) is 19.9 Å². The number of fused-ring (bicyclic) bond motifs is 1. The van der Waals surface area contributed by atoms with Gasteiger partial charge in [0.2, 0.25) is 12.7 Å². The van der Waals surface area contributed by atoms with Crippen LogP contribution in [0.3, 0.4) is 0 Å². The number of piperazine rings is 1. The van der Waals surface area contributed by atoms with E-state index in [0.717, 1.165) is 50.0 Å². The minimum absolute atomic E-state index is 0.299. The zero-order valence-corrected chi connectivity index (χ0v) is 17.5. The van der Waals surface area contributed by atoms with Crippen LogP contribution in [0, 0.1) is 6.92 Å². The van der Waals surface area contributed by atoms with Crippen molar-refractivity contribution in [2.24, 2.45) is 0 Å². The number of anilines is 2. The van der Waals surface area contributed by atoms with Crippen LogP contribution < -0.4 is 24.8 Å². The van der Waals surface area contributed by atoms with Gasteiger partial charge in [0.15, 0.2) is 17.3 Å². The minimum Gasteiger partial charge on any atom is -0.454 e. The first-order valence-corrected chi connectivity index (χ1v) is 10.4. The summed E-state index contributed by atoms with van der Waals surface area (Å²) < 4.78 is 16.8. The van der Waals surface area contributed by atoms with Gasteiger partial charge in [-0.15, -0.1) is 0 Å². The van der Waals surface area contributed by atoms with Crippen molar-refractivity contribution in [1.29, 1.82) is 0 Å². The SMILES string of the molecule is Cc1ccc(Oc2ncnc(N3CCN(Cc4ccc5c(c4)OCO5)CC3)c2N)cc1. The molecule has 0 radical (unpaired) electrons. The summed E-state index contributed by atoms with van der Waals surface area (Å²) in [6, 6.07) is 13.9. The number of nitrogens with zero attached hydrogens (tertiary/aromatic N) is 4. The predicted octanol–water partition coefficient (Wildman–Crippen LogP) is 3.21. The molecule has 160 valence electrons. The quantitative estimate of drug-likeness (QED) is 0.675. The molecule has 0 atom stereocenters. The van der Waals surface area contributed by atoms with Gasteiger partial charge in [0.05, 0.1) is 0 Å². The monoisotopic (exact) mass is 419 g/mol. The second-order valence-electron chi connectivity index (χ2n) is 7.78. The van der Waals surface area contributed by atoms with Crippen LogP contribution in [0.4, 0.5) is 11.5 Å². The number of rotatable bonds is 5. The molecule has 2 aliphatic heterocycles. The molecule has 2 N–H and O–H groups in total. The van der Waals surface area contributed by atoms with Crippen molar-refractivity contribution in [2.75, 3.05) is 43.6 Å². The molecule has 3 aromatic rings. The van der Waals surface area contributed by atoms with Crippen LogP contribution in [0.2, 0.25) is 0 Å². The topological polar surface area (TPSA) is 86.0 Å². The highest BCUT2D eigenvalue weighted by Crippen LogP contribution is 2.34. The Morgan fingerprint density at radius 3 is 2.55 bits per heavy atom. The van der Waals surface area contributed by atoms with E-state index in [1.807, 2.05) is 37.3 Å². The second kappa shape index (κ2) is 8.31. The van der Waals surface area contributed by atoms with Gasteiger partial charge in [-0.1, -0.05) is 23.8 Å². The number of hydrogen-bond donors (Lipinski definition) is 1. The molecule has 0 spiro atoms. The Morgan fingerprint density at radius 2 is 1.74 bits per heavy atom. The first-order valence-electron chi connectivity index (χ1n) is 10.4. The number of hydrogen-bond acceptors (Lipinski definition) is 8. The Morgan fingerprint density at radius 1 is 0.968 bits per heavy atom. The Balaban J connectivity index is 1.22. The van der Waals surface area contributed by atoms with Gasteiger partial charge < -0.3 is 24.8 Å². The summed E-state index contributed by atoms with van der Waals surface area (Å²) in [5.74, 6) is 3.45. The maximum atomic E-state index is 6.37. The van der Waals surface area contributed by atoms with E-state index in [1.165, 1.54) is 17.5 Å². The normalized spacial score (nSPS) is 15.8. The third-order valence-corrected chi connectivity index (χ3v) is 5.58. The van der Waals surface area contributed by atoms with E-state index >= 15 is 0 Å². The van der Waals surface area contributed by atoms with Crippen LogP contribution in [0.15, 0.2) is 48.8 Å². The minimum atomic E-state index is 0.299. The van der Waals surface area contributed by atoms with Gasteiger partial charge in [0, 0.05) is 32.7 Å². The molecule has 3 heterocycles. The van der Waals surface area contributed by atoms with Crippen LogP contribution in [-0.4, -0.2) is 47.8 Å². The lowest BCUT2D eigenvalue weighted by atomic mass is 10.1. The van der Waals surface area contributed by atoms with Gasteiger partial charge in [-0.05, 0) is 36.8 Å². The van der Waals surface area contributed by atoms with E-state index in [0.29, 0.717) is 24.1 Å². The summed E-state index contributed by atoms with van der Waals surface area (Å²) in [4.78, 5) is 13.3. The van der Waals surface area contributed by atoms with Gasteiger partial charge >= 0.3 is 0 Å². The fourth-order valence-corrected chi connectivity index (χ4v) is 3.84. The third-order valence-electron chi connectivity index (χ3n) is 5.58. The second-order valence-corrected chi connectivity index (χ2v) is 7.78. The van der Waals surface area contributed by atoms with Gasteiger partial charge in [0.25, 0.3) is 0 Å². The summed E-state index contributed by atoms with van der Waals surface area (Å²) >= 11 is 0. The Hall–Kier alpha value is -3.52. The number of benzene rings is 2. The predicted molar refractivity (Wildman–Crippen MR) is 118 cm³/mol. The molecule has 0 unspecified atom stereocenters. The molecule has 1 aromatic heterocycles. The highest BCUT2D eigenvalue weighted by Gasteiger charge is 2.23. The smallest absolute Gasteiger partial charge is 0.248 e. The molecule has 31 heavy (non-hydrogen) atoms. The summed E-state index contributed by atoms with van der Waals surface area (Å²) in [5.41, 5.74) is 9.22. The van der Waals surface area contributed by atoms with Crippen molar-refractivity contribution in [3.63, 3.8) is 0 Å². The Bertz CT molecular complexity index is 1070. The van der Waals surface area contributed by atoms with Crippen LogP contribution >= 0.6 is 0 Å². The summed E-state index contributed by atoms with van der Waals surface area (Å²) in [6.45, 7) is 6.68. The van der Waals surface area contributed by atoms with Crippen molar-refractivity contribution in [2.45, 2.75) is 13.5 Å². The lowest BCUT2D eigenvalue weighted by Crippen LogP contribution is -2.46. The maximum absolute atomic E-state index is 6.37. The highest BCUT2D eigenvalue weighted by atomic mass is 16.7. The molecule has 0 aliphatic carbocycles. The molecular formula is C23H25N5O3. The Kier molecular flexibility index (Phi) is 5.21. The number of aryl methyl sites for hydroxylation is 1. The van der Waals surface area contributed by atoms with Gasteiger partial charge in [-0.25, -0.2) is 4.98 Å². The third kappa shape index (κ3) is 4.20. The van der Waals surface area contributed by atoms with Crippen molar-refractivity contribution < 1.29 is 14.2 Å². The summed E-state index contributed by atoms with van der Waals surface area (Å²) in [5, 5.41) is 0. The van der Waals surface area contributed by atoms with Crippen molar-refractivity contribution >= 4 is 11.5 Å². The number of nitrogen functional groups attached to an aromatic ring is 1. The number of nitrogens with two attached hydrogens (primary N) is 1. The van der Waals surface area contributed by atoms with Crippen LogP contribution in [0.25, 0.3) is 0 Å². The van der Waals surface area contributed by atoms with Crippen LogP contribution in [-0.2, 0) is 6.54 Å². The van der Waals surface area contributed by atoms with E-state index in [-0.39, 0.29) is 0 Å². The molecule has 1 fully saturated rings. The molecule has 5 rings (SSSR count). The molecule has 0 bridgehead atoms. The molecule has 0 saturated carbocycles. The zero-order chi connectivity index (χ0) is 21.2.